The van der Waals surface area contributed by atoms with Gasteiger partial charge in [0.1, 0.15) is 5.75 Å². The summed E-state index contributed by atoms with van der Waals surface area (Å²) in [5.74, 6) is 1.74. The number of guanidine groups is 1. The normalized spacial score (nSPS) is 20.3. The number of rotatable bonds is 5. The summed E-state index contributed by atoms with van der Waals surface area (Å²) < 4.78 is 28.1. The lowest BCUT2D eigenvalue weighted by molar-refractivity contribution is 0.414. The van der Waals surface area contributed by atoms with Gasteiger partial charge in [-0.15, -0.1) is 0 Å². The highest BCUT2D eigenvalue weighted by atomic mass is 35.5. The van der Waals surface area contributed by atoms with E-state index in [0.717, 1.165) is 17.7 Å². The van der Waals surface area contributed by atoms with Gasteiger partial charge >= 0.3 is 0 Å². The minimum absolute atomic E-state index is 0.0734. The number of benzene rings is 1. The number of sulfone groups is 1. The van der Waals surface area contributed by atoms with Crippen LogP contribution in [0.3, 0.4) is 0 Å². The quantitative estimate of drug-likeness (QED) is 0.611. The van der Waals surface area contributed by atoms with Crippen LogP contribution in [0.4, 0.5) is 0 Å². The van der Waals surface area contributed by atoms with Crippen LogP contribution in [0.25, 0.3) is 0 Å². The fourth-order valence-electron chi connectivity index (χ4n) is 2.47. The van der Waals surface area contributed by atoms with E-state index in [0.29, 0.717) is 23.9 Å². The van der Waals surface area contributed by atoms with Gasteiger partial charge in [-0.25, -0.2) is 8.42 Å². The smallest absolute Gasteiger partial charge is 0.191 e. The zero-order valence-electron chi connectivity index (χ0n) is 13.3. The molecule has 1 aliphatic heterocycles. The fourth-order valence-corrected chi connectivity index (χ4v) is 4.41. The molecule has 8 heteroatoms. The molecule has 1 fully saturated rings. The molecule has 0 saturated carbocycles. The molecule has 0 amide bonds. The molecule has 0 aliphatic carbocycles. The lowest BCUT2D eigenvalue weighted by atomic mass is 10.1. The molecule has 1 atom stereocenters. The Morgan fingerprint density at radius 2 is 2.26 bits per heavy atom. The molecule has 0 aromatic heterocycles. The predicted molar refractivity (Wildman–Crippen MR) is 93.3 cm³/mol. The topological polar surface area (TPSA) is 79.8 Å². The van der Waals surface area contributed by atoms with Gasteiger partial charge in [-0.05, 0) is 30.5 Å². The van der Waals surface area contributed by atoms with Crippen LogP contribution in [-0.4, -0.2) is 52.6 Å². The molecule has 2 N–H and O–H groups in total. The first-order valence-electron chi connectivity index (χ1n) is 7.43. The van der Waals surface area contributed by atoms with Crippen molar-refractivity contribution >= 4 is 27.4 Å². The minimum atomic E-state index is -2.90. The van der Waals surface area contributed by atoms with Crippen LogP contribution in [0.2, 0.25) is 5.02 Å². The van der Waals surface area contributed by atoms with Gasteiger partial charge in [-0.1, -0.05) is 17.7 Å². The van der Waals surface area contributed by atoms with E-state index in [-0.39, 0.29) is 17.5 Å². The molecule has 23 heavy (non-hydrogen) atoms. The van der Waals surface area contributed by atoms with Crippen LogP contribution in [0.1, 0.15) is 12.0 Å². The van der Waals surface area contributed by atoms with E-state index in [2.05, 4.69) is 15.6 Å². The van der Waals surface area contributed by atoms with Crippen LogP contribution < -0.4 is 15.4 Å². The van der Waals surface area contributed by atoms with Gasteiger partial charge in [0.25, 0.3) is 0 Å². The standard InChI is InChI=1S/C15H22ClN3O3S/c1-17-15(19-12-6-8-23(20,21)10-12)18-7-5-11-3-4-13(22-2)9-14(11)16/h3-4,9,12H,5-8,10H2,1-2H3,(H2,17,18,19). The first-order valence-corrected chi connectivity index (χ1v) is 9.63. The van der Waals surface area contributed by atoms with E-state index in [9.17, 15) is 8.42 Å². The lowest BCUT2D eigenvalue weighted by Crippen LogP contribution is -2.44. The van der Waals surface area contributed by atoms with E-state index in [1.807, 2.05) is 12.1 Å². The zero-order valence-corrected chi connectivity index (χ0v) is 14.9. The highest BCUT2D eigenvalue weighted by molar-refractivity contribution is 7.91. The summed E-state index contributed by atoms with van der Waals surface area (Å²) in [7, 11) is 0.369. The molecule has 0 bridgehead atoms. The van der Waals surface area contributed by atoms with E-state index in [1.54, 1.807) is 20.2 Å². The van der Waals surface area contributed by atoms with Gasteiger partial charge in [-0.3, -0.25) is 4.99 Å². The molecule has 128 valence electrons. The maximum absolute atomic E-state index is 11.5. The van der Waals surface area contributed by atoms with Gasteiger partial charge < -0.3 is 15.4 Å². The Balaban J connectivity index is 1.82. The number of halogens is 1. The van der Waals surface area contributed by atoms with Crippen molar-refractivity contribution in [3.05, 3.63) is 28.8 Å². The Morgan fingerprint density at radius 1 is 1.48 bits per heavy atom. The average molecular weight is 360 g/mol. The molecule has 1 saturated heterocycles. The van der Waals surface area contributed by atoms with Crippen LogP contribution in [-0.2, 0) is 16.3 Å². The predicted octanol–water partition coefficient (Wildman–Crippen LogP) is 1.24. The zero-order chi connectivity index (χ0) is 16.9. The Bertz CT molecular complexity index is 677. The number of methoxy groups -OCH3 is 1. The highest BCUT2D eigenvalue weighted by Crippen LogP contribution is 2.22. The van der Waals surface area contributed by atoms with Gasteiger partial charge in [0.05, 0.1) is 18.6 Å². The molecular weight excluding hydrogens is 338 g/mol. The second-order valence-corrected chi connectivity index (χ2v) is 8.09. The number of aliphatic imine (C=N–C) groups is 1. The van der Waals surface area contributed by atoms with Crippen molar-refractivity contribution in [3.63, 3.8) is 0 Å². The minimum Gasteiger partial charge on any atom is -0.497 e. The molecular formula is C15H22ClN3O3S. The Morgan fingerprint density at radius 3 is 2.83 bits per heavy atom. The van der Waals surface area contributed by atoms with Gasteiger partial charge in [0.2, 0.25) is 0 Å². The Kier molecular flexibility index (Phi) is 6.12. The third-order valence-corrected chi connectivity index (χ3v) is 5.86. The Labute approximate surface area is 142 Å². The molecule has 1 aliphatic rings. The maximum Gasteiger partial charge on any atom is 0.191 e. The SMILES string of the molecule is CN=C(NCCc1ccc(OC)cc1Cl)NC1CCS(=O)(=O)C1. The second kappa shape index (κ2) is 7.88. The van der Waals surface area contributed by atoms with E-state index >= 15 is 0 Å². The number of nitrogens with one attached hydrogen (secondary N) is 2. The number of nitrogens with zero attached hydrogens (tertiary/aromatic N) is 1. The summed E-state index contributed by atoms with van der Waals surface area (Å²) in [6, 6.07) is 5.52. The molecule has 1 heterocycles. The highest BCUT2D eigenvalue weighted by Gasteiger charge is 2.28. The molecule has 1 aromatic carbocycles. The van der Waals surface area contributed by atoms with Crippen molar-refractivity contribution in [3.8, 4) is 5.75 Å². The van der Waals surface area contributed by atoms with E-state index in [1.165, 1.54) is 0 Å². The van der Waals surface area contributed by atoms with Crippen LogP contribution in [0.5, 0.6) is 5.75 Å². The van der Waals surface area contributed by atoms with Crippen LogP contribution in [0.15, 0.2) is 23.2 Å². The fraction of sp³-hybridized carbons (Fsp3) is 0.533. The van der Waals surface area contributed by atoms with Crippen molar-refractivity contribution in [2.75, 3.05) is 32.2 Å². The maximum atomic E-state index is 11.5. The monoisotopic (exact) mass is 359 g/mol. The average Bonchev–Trinajstić information content (AvgIpc) is 2.86. The summed E-state index contributed by atoms with van der Waals surface area (Å²) >= 11 is 6.21. The van der Waals surface area contributed by atoms with Crippen molar-refractivity contribution < 1.29 is 13.2 Å². The van der Waals surface area contributed by atoms with Gasteiger partial charge in [0.15, 0.2) is 15.8 Å². The first-order chi connectivity index (χ1) is 10.9. The van der Waals surface area contributed by atoms with E-state index < -0.39 is 9.84 Å². The van der Waals surface area contributed by atoms with E-state index in [4.69, 9.17) is 16.3 Å². The molecule has 6 nitrogen and oxygen atoms in total. The largest absolute Gasteiger partial charge is 0.497 e. The third kappa shape index (κ3) is 5.28. The summed E-state index contributed by atoms with van der Waals surface area (Å²) in [6.45, 7) is 0.644. The number of hydrogen-bond acceptors (Lipinski definition) is 4. The molecule has 2 rings (SSSR count). The summed E-state index contributed by atoms with van der Waals surface area (Å²) in [5.41, 5.74) is 1.01. The summed E-state index contributed by atoms with van der Waals surface area (Å²) in [6.07, 6.45) is 1.35. The second-order valence-electron chi connectivity index (χ2n) is 5.45. The van der Waals surface area contributed by atoms with Crippen LogP contribution >= 0.6 is 11.6 Å². The lowest BCUT2D eigenvalue weighted by Gasteiger charge is -2.16. The van der Waals surface area contributed by atoms with Crippen molar-refractivity contribution in [1.29, 1.82) is 0 Å². The summed E-state index contributed by atoms with van der Waals surface area (Å²) in [5, 5.41) is 6.99. The number of ether oxygens (including phenoxy) is 1. The van der Waals surface area contributed by atoms with Crippen molar-refractivity contribution in [1.82, 2.24) is 10.6 Å². The van der Waals surface area contributed by atoms with Crippen molar-refractivity contribution in [2.24, 2.45) is 4.99 Å². The molecule has 1 aromatic rings. The summed E-state index contributed by atoms with van der Waals surface area (Å²) in [4.78, 5) is 4.13. The molecule has 0 spiro atoms. The molecule has 1 unspecified atom stereocenters. The van der Waals surface area contributed by atoms with Crippen LogP contribution in [0, 0.1) is 0 Å². The van der Waals surface area contributed by atoms with Gasteiger partial charge in [0, 0.05) is 24.7 Å². The third-order valence-electron chi connectivity index (χ3n) is 3.74. The van der Waals surface area contributed by atoms with Gasteiger partial charge in [-0.2, -0.15) is 0 Å². The molecule has 0 radical (unpaired) electrons. The Hall–Kier alpha value is -1.47. The first kappa shape index (κ1) is 17.9. The number of hydrogen-bond donors (Lipinski definition) is 2. The van der Waals surface area contributed by atoms with Crippen molar-refractivity contribution in [2.45, 2.75) is 18.9 Å².